The molecule has 2 amide bonds. The minimum atomic E-state index is -0.478. The lowest BCUT2D eigenvalue weighted by Crippen LogP contribution is -2.28. The Morgan fingerprint density at radius 3 is 2.27 bits per heavy atom. The van der Waals surface area contributed by atoms with E-state index in [1.165, 1.54) is 0 Å². The fraction of sp³-hybridized carbons (Fsp3) is 0.333. The second-order valence-corrected chi connectivity index (χ2v) is 7.65. The maximum atomic E-state index is 12.9. The normalized spacial score (nSPS) is 14.8. The maximum Gasteiger partial charge on any atom is 0.235 e. The molecule has 2 N–H and O–H groups in total. The predicted octanol–water partition coefficient (Wildman–Crippen LogP) is 4.91. The van der Waals surface area contributed by atoms with E-state index in [1.54, 1.807) is 0 Å². The molecule has 1 aliphatic carbocycles. The first-order chi connectivity index (χ1) is 12.3. The third-order valence-corrected chi connectivity index (χ3v) is 5.11. The van der Waals surface area contributed by atoms with Gasteiger partial charge in [0.25, 0.3) is 0 Å². The Kier molecular flexibility index (Phi) is 5.05. The van der Waals surface area contributed by atoms with E-state index in [4.69, 9.17) is 11.6 Å². The van der Waals surface area contributed by atoms with Gasteiger partial charge in [-0.05, 0) is 55.2 Å². The molecule has 1 fully saturated rings. The van der Waals surface area contributed by atoms with E-state index in [-0.39, 0.29) is 17.7 Å². The van der Waals surface area contributed by atoms with Crippen molar-refractivity contribution in [2.75, 3.05) is 10.6 Å². The summed E-state index contributed by atoms with van der Waals surface area (Å²) in [6, 6.07) is 13.0. The minimum absolute atomic E-state index is 0.0183. The third-order valence-electron chi connectivity index (χ3n) is 4.86. The van der Waals surface area contributed by atoms with Crippen LogP contribution >= 0.6 is 11.6 Å². The second kappa shape index (κ2) is 7.12. The number of hydrogen-bond acceptors (Lipinski definition) is 2. The lowest BCUT2D eigenvalue weighted by molar-refractivity contribution is -0.119. The summed E-state index contributed by atoms with van der Waals surface area (Å²) in [6.45, 7) is 5.62. The molecule has 0 atom stereocenters. The number of nitrogens with one attached hydrogen (secondary N) is 2. The molecule has 136 valence electrons. The summed E-state index contributed by atoms with van der Waals surface area (Å²) in [5.41, 5.74) is 2.86. The number of hydrogen-bond donors (Lipinski definition) is 2. The van der Waals surface area contributed by atoms with Crippen LogP contribution in [0.25, 0.3) is 0 Å². The lowest BCUT2D eigenvalue weighted by Gasteiger charge is -2.18. The quantitative estimate of drug-likeness (QED) is 0.785. The van der Waals surface area contributed by atoms with Gasteiger partial charge < -0.3 is 10.6 Å². The van der Waals surface area contributed by atoms with Crippen LogP contribution in [0.2, 0.25) is 5.02 Å². The van der Waals surface area contributed by atoms with Gasteiger partial charge in [0.05, 0.1) is 5.41 Å². The summed E-state index contributed by atoms with van der Waals surface area (Å²) < 4.78 is 0. The van der Waals surface area contributed by atoms with Gasteiger partial charge in [0.15, 0.2) is 0 Å². The molecule has 0 aromatic heterocycles. The molecule has 4 nitrogen and oxygen atoms in total. The van der Waals surface area contributed by atoms with Crippen molar-refractivity contribution in [1.82, 2.24) is 0 Å². The standard InChI is InChI=1S/C21H23ClN2O2/c1-13(2)19(25)23-17-9-4-14(3)18(12-17)24-20(26)21(10-11-21)15-5-7-16(22)8-6-15/h4-9,12-13H,10-11H2,1-3H3,(H,23,25)(H,24,26). The van der Waals surface area contributed by atoms with Gasteiger partial charge >= 0.3 is 0 Å². The molecule has 0 radical (unpaired) electrons. The Morgan fingerprint density at radius 1 is 1.04 bits per heavy atom. The Labute approximate surface area is 158 Å². The zero-order chi connectivity index (χ0) is 18.9. The predicted molar refractivity (Wildman–Crippen MR) is 106 cm³/mol. The molecule has 0 aliphatic heterocycles. The first-order valence-corrected chi connectivity index (χ1v) is 9.19. The van der Waals surface area contributed by atoms with E-state index >= 15 is 0 Å². The van der Waals surface area contributed by atoms with Crippen molar-refractivity contribution in [3.63, 3.8) is 0 Å². The number of anilines is 2. The molecule has 0 saturated heterocycles. The SMILES string of the molecule is Cc1ccc(NC(=O)C(C)C)cc1NC(=O)C1(c2ccc(Cl)cc2)CC1. The first-order valence-electron chi connectivity index (χ1n) is 8.81. The van der Waals surface area contributed by atoms with Crippen LogP contribution in [0.1, 0.15) is 37.8 Å². The summed E-state index contributed by atoms with van der Waals surface area (Å²) in [5.74, 6) is -0.171. The summed E-state index contributed by atoms with van der Waals surface area (Å²) in [4.78, 5) is 24.8. The highest BCUT2D eigenvalue weighted by molar-refractivity contribution is 6.30. The van der Waals surface area contributed by atoms with Crippen LogP contribution in [0.3, 0.4) is 0 Å². The number of rotatable bonds is 5. The van der Waals surface area contributed by atoms with Gasteiger partial charge in [-0.1, -0.05) is 43.6 Å². The molecule has 26 heavy (non-hydrogen) atoms. The topological polar surface area (TPSA) is 58.2 Å². The van der Waals surface area contributed by atoms with Crippen LogP contribution in [0, 0.1) is 12.8 Å². The van der Waals surface area contributed by atoms with Crippen LogP contribution in [-0.4, -0.2) is 11.8 Å². The molecule has 0 heterocycles. The Hall–Kier alpha value is -2.33. The number of carbonyl (C=O) groups excluding carboxylic acids is 2. The number of amides is 2. The molecule has 0 unspecified atom stereocenters. The lowest BCUT2D eigenvalue weighted by atomic mass is 9.95. The fourth-order valence-corrected chi connectivity index (χ4v) is 3.03. The van der Waals surface area contributed by atoms with Crippen molar-refractivity contribution >= 4 is 34.8 Å². The van der Waals surface area contributed by atoms with E-state index in [0.29, 0.717) is 10.7 Å². The van der Waals surface area contributed by atoms with Gasteiger partial charge in [0.1, 0.15) is 0 Å². The highest BCUT2D eigenvalue weighted by Gasteiger charge is 2.51. The molecule has 1 aliphatic rings. The summed E-state index contributed by atoms with van der Waals surface area (Å²) in [6.07, 6.45) is 1.65. The highest BCUT2D eigenvalue weighted by Crippen LogP contribution is 2.49. The van der Waals surface area contributed by atoms with Crippen molar-refractivity contribution in [1.29, 1.82) is 0 Å². The van der Waals surface area contributed by atoms with Crippen molar-refractivity contribution < 1.29 is 9.59 Å². The Balaban J connectivity index is 1.79. The zero-order valence-corrected chi connectivity index (χ0v) is 16.0. The van der Waals surface area contributed by atoms with Crippen molar-refractivity contribution in [3.8, 4) is 0 Å². The Bertz CT molecular complexity index is 840. The maximum absolute atomic E-state index is 12.9. The number of halogens is 1. The van der Waals surface area contributed by atoms with Gasteiger partial charge in [0, 0.05) is 22.3 Å². The molecule has 0 spiro atoms. The van der Waals surface area contributed by atoms with Crippen LogP contribution < -0.4 is 10.6 Å². The van der Waals surface area contributed by atoms with E-state index in [1.807, 2.05) is 63.2 Å². The van der Waals surface area contributed by atoms with E-state index in [0.717, 1.165) is 29.7 Å². The van der Waals surface area contributed by atoms with Gasteiger partial charge in [-0.3, -0.25) is 9.59 Å². The van der Waals surface area contributed by atoms with E-state index < -0.39 is 5.41 Å². The van der Waals surface area contributed by atoms with Crippen LogP contribution in [0.15, 0.2) is 42.5 Å². The molecular formula is C21H23ClN2O2. The summed E-state index contributed by atoms with van der Waals surface area (Å²) >= 11 is 5.96. The number of benzene rings is 2. The monoisotopic (exact) mass is 370 g/mol. The Morgan fingerprint density at radius 2 is 1.69 bits per heavy atom. The highest BCUT2D eigenvalue weighted by atomic mass is 35.5. The van der Waals surface area contributed by atoms with Gasteiger partial charge in [-0.25, -0.2) is 0 Å². The minimum Gasteiger partial charge on any atom is -0.326 e. The van der Waals surface area contributed by atoms with Gasteiger partial charge in [0.2, 0.25) is 11.8 Å². The molecule has 0 bridgehead atoms. The zero-order valence-electron chi connectivity index (χ0n) is 15.2. The molecule has 2 aromatic rings. The summed E-state index contributed by atoms with van der Waals surface area (Å²) in [5, 5.41) is 6.58. The van der Waals surface area contributed by atoms with E-state index in [9.17, 15) is 9.59 Å². The molecular weight excluding hydrogens is 348 g/mol. The average Bonchev–Trinajstić information content (AvgIpc) is 3.40. The van der Waals surface area contributed by atoms with Crippen molar-refractivity contribution in [2.45, 2.75) is 39.0 Å². The molecule has 2 aromatic carbocycles. The third kappa shape index (κ3) is 3.75. The second-order valence-electron chi connectivity index (χ2n) is 7.22. The largest absolute Gasteiger partial charge is 0.326 e. The van der Waals surface area contributed by atoms with Crippen LogP contribution in [-0.2, 0) is 15.0 Å². The van der Waals surface area contributed by atoms with Crippen molar-refractivity contribution in [2.24, 2.45) is 5.92 Å². The molecule has 5 heteroatoms. The number of carbonyl (C=O) groups is 2. The average molecular weight is 371 g/mol. The summed E-state index contributed by atoms with van der Waals surface area (Å²) in [7, 11) is 0. The first kappa shape index (κ1) is 18.5. The van der Waals surface area contributed by atoms with Gasteiger partial charge in [-0.2, -0.15) is 0 Å². The van der Waals surface area contributed by atoms with Crippen LogP contribution in [0.4, 0.5) is 11.4 Å². The van der Waals surface area contributed by atoms with Gasteiger partial charge in [-0.15, -0.1) is 0 Å². The smallest absolute Gasteiger partial charge is 0.235 e. The van der Waals surface area contributed by atoms with Crippen LogP contribution in [0.5, 0.6) is 0 Å². The molecule has 3 rings (SSSR count). The fourth-order valence-electron chi connectivity index (χ4n) is 2.90. The molecule has 1 saturated carbocycles. The van der Waals surface area contributed by atoms with Crippen molar-refractivity contribution in [3.05, 3.63) is 58.6 Å². The number of aryl methyl sites for hydroxylation is 1. The van der Waals surface area contributed by atoms with E-state index in [2.05, 4.69) is 10.6 Å².